The molecular weight excluding hydrogens is 361 g/mol. The normalized spacial score (nSPS) is 25.6. The fourth-order valence-corrected chi connectivity index (χ4v) is 4.61. The van der Waals surface area contributed by atoms with Crippen molar-refractivity contribution in [1.29, 1.82) is 0 Å². The highest BCUT2D eigenvalue weighted by molar-refractivity contribution is 6.39. The van der Waals surface area contributed by atoms with E-state index in [0.29, 0.717) is 39.5 Å². The van der Waals surface area contributed by atoms with Gasteiger partial charge in [-0.3, -0.25) is 4.79 Å². The van der Waals surface area contributed by atoms with E-state index in [0.717, 1.165) is 31.2 Å². The van der Waals surface area contributed by atoms with Gasteiger partial charge in [0.25, 0.3) is 0 Å². The number of ether oxygens (including phenoxy) is 1. The van der Waals surface area contributed by atoms with Gasteiger partial charge in [0.05, 0.1) is 22.8 Å². The lowest BCUT2D eigenvalue weighted by molar-refractivity contribution is -0.130. The van der Waals surface area contributed by atoms with Crippen LogP contribution >= 0.6 is 23.2 Å². The van der Waals surface area contributed by atoms with Gasteiger partial charge in [-0.2, -0.15) is 0 Å². The average Bonchev–Trinajstić information content (AvgIpc) is 3.01. The fourth-order valence-electron chi connectivity index (χ4n) is 4.04. The summed E-state index contributed by atoms with van der Waals surface area (Å²) in [6, 6.07) is 5.36. The van der Waals surface area contributed by atoms with Crippen LogP contribution < -0.4 is 0 Å². The zero-order chi connectivity index (χ0) is 17.6. The number of halogens is 2. The Balaban J connectivity index is 1.54. The van der Waals surface area contributed by atoms with E-state index in [1.54, 1.807) is 18.2 Å². The Kier molecular flexibility index (Phi) is 4.61. The summed E-state index contributed by atoms with van der Waals surface area (Å²) in [6.07, 6.45) is 3.77. The van der Waals surface area contributed by atoms with Crippen LogP contribution in [0.1, 0.15) is 37.0 Å². The fraction of sp³-hybridized carbons (Fsp3) is 0.474. The zero-order valence-corrected chi connectivity index (χ0v) is 15.4. The Morgan fingerprint density at radius 1 is 1.20 bits per heavy atom. The molecule has 1 aromatic heterocycles. The van der Waals surface area contributed by atoms with Crippen molar-refractivity contribution in [2.45, 2.75) is 45.3 Å². The topological polar surface area (TPSA) is 52.3 Å². The molecule has 4 nitrogen and oxygen atoms in total. The van der Waals surface area contributed by atoms with Crippen molar-refractivity contribution in [3.8, 4) is 11.3 Å². The number of benzene rings is 1. The quantitative estimate of drug-likeness (QED) is 0.729. The first-order valence-corrected chi connectivity index (χ1v) is 9.35. The van der Waals surface area contributed by atoms with Crippen LogP contribution in [0.2, 0.25) is 10.0 Å². The molecule has 0 saturated heterocycles. The molecule has 4 rings (SSSR count). The lowest BCUT2D eigenvalue weighted by atomic mass is 9.86. The number of Topliss-reactive ketones (excluding diaryl/α,β-unsaturated/α-hetero) is 1. The summed E-state index contributed by atoms with van der Waals surface area (Å²) in [5.41, 5.74) is 2.15. The summed E-state index contributed by atoms with van der Waals surface area (Å²) in [5, 5.41) is 5.21. The Morgan fingerprint density at radius 3 is 2.48 bits per heavy atom. The van der Waals surface area contributed by atoms with Crippen molar-refractivity contribution in [2.24, 2.45) is 11.8 Å². The highest BCUT2D eigenvalue weighted by atomic mass is 35.5. The van der Waals surface area contributed by atoms with E-state index in [-0.39, 0.29) is 17.9 Å². The molecule has 0 amide bonds. The number of rotatable bonds is 4. The van der Waals surface area contributed by atoms with Gasteiger partial charge in [-0.15, -0.1) is 0 Å². The maximum atomic E-state index is 12.0. The first-order valence-electron chi connectivity index (χ1n) is 8.59. The van der Waals surface area contributed by atoms with E-state index in [4.69, 9.17) is 32.5 Å². The highest BCUT2D eigenvalue weighted by Crippen LogP contribution is 2.41. The van der Waals surface area contributed by atoms with Gasteiger partial charge in [0, 0.05) is 23.0 Å². The number of aromatic nitrogens is 1. The third-order valence-corrected chi connectivity index (χ3v) is 6.04. The largest absolute Gasteiger partial charge is 0.373 e. The molecule has 0 N–H and O–H groups in total. The van der Waals surface area contributed by atoms with Gasteiger partial charge in [0.2, 0.25) is 0 Å². The van der Waals surface area contributed by atoms with Gasteiger partial charge in [-0.1, -0.05) is 34.4 Å². The summed E-state index contributed by atoms with van der Waals surface area (Å²) in [5.74, 6) is 1.50. The third kappa shape index (κ3) is 3.12. The first-order chi connectivity index (χ1) is 12.0. The van der Waals surface area contributed by atoms with Crippen molar-refractivity contribution < 1.29 is 14.1 Å². The van der Waals surface area contributed by atoms with Crippen LogP contribution in [-0.4, -0.2) is 17.0 Å². The molecule has 3 atom stereocenters. The maximum absolute atomic E-state index is 12.0. The minimum atomic E-state index is 0.110. The number of hydrogen-bond donors (Lipinski definition) is 0. The van der Waals surface area contributed by atoms with E-state index >= 15 is 0 Å². The lowest BCUT2D eigenvalue weighted by Gasteiger charge is -2.26. The van der Waals surface area contributed by atoms with Crippen LogP contribution in [0.15, 0.2) is 22.7 Å². The summed E-state index contributed by atoms with van der Waals surface area (Å²) in [4.78, 5) is 12.0. The molecule has 2 fully saturated rings. The van der Waals surface area contributed by atoms with Crippen molar-refractivity contribution >= 4 is 29.0 Å². The number of nitrogens with zero attached hydrogens (tertiary/aromatic N) is 1. The van der Waals surface area contributed by atoms with E-state index < -0.39 is 0 Å². The number of ketones is 1. The highest BCUT2D eigenvalue weighted by Gasteiger charge is 2.41. The molecule has 25 heavy (non-hydrogen) atoms. The van der Waals surface area contributed by atoms with Crippen molar-refractivity contribution in [3.05, 3.63) is 39.6 Å². The Bertz CT molecular complexity index is 781. The SMILES string of the molecule is Cc1onc(-c2c(Cl)cccc2Cl)c1COC1CC2CC[C@@H](C1)C2=O. The Labute approximate surface area is 156 Å². The van der Waals surface area contributed by atoms with E-state index in [9.17, 15) is 4.79 Å². The number of aryl methyl sites for hydroxylation is 1. The summed E-state index contributed by atoms with van der Waals surface area (Å²) < 4.78 is 11.5. The summed E-state index contributed by atoms with van der Waals surface area (Å²) in [7, 11) is 0. The summed E-state index contributed by atoms with van der Waals surface area (Å²) >= 11 is 12.6. The average molecular weight is 380 g/mol. The van der Waals surface area contributed by atoms with Gasteiger partial charge in [0.1, 0.15) is 17.2 Å². The van der Waals surface area contributed by atoms with Crippen molar-refractivity contribution in [2.75, 3.05) is 0 Å². The molecule has 2 aromatic rings. The monoisotopic (exact) mass is 379 g/mol. The number of fused-ring (bicyclic) bond motifs is 2. The van der Waals surface area contributed by atoms with Crippen LogP contribution in [0.3, 0.4) is 0 Å². The van der Waals surface area contributed by atoms with Crippen LogP contribution in [0.4, 0.5) is 0 Å². The molecule has 132 valence electrons. The number of carbonyl (C=O) groups excluding carboxylic acids is 1. The third-order valence-electron chi connectivity index (χ3n) is 5.41. The minimum absolute atomic E-state index is 0.110. The second-order valence-corrected chi connectivity index (χ2v) is 7.75. The smallest absolute Gasteiger partial charge is 0.139 e. The van der Waals surface area contributed by atoms with Crippen LogP contribution in [-0.2, 0) is 16.1 Å². The summed E-state index contributed by atoms with van der Waals surface area (Å²) in [6.45, 7) is 2.23. The molecule has 2 saturated carbocycles. The molecular formula is C19H19Cl2NO3. The molecule has 0 aliphatic heterocycles. The van der Waals surface area contributed by atoms with Crippen LogP contribution in [0.5, 0.6) is 0 Å². The Hall–Kier alpha value is -1.36. The first kappa shape index (κ1) is 17.1. The van der Waals surface area contributed by atoms with Gasteiger partial charge in [0.15, 0.2) is 0 Å². The van der Waals surface area contributed by atoms with E-state index in [2.05, 4.69) is 5.16 Å². The predicted molar refractivity (Wildman–Crippen MR) is 95.7 cm³/mol. The number of hydrogen-bond acceptors (Lipinski definition) is 4. The van der Waals surface area contributed by atoms with Gasteiger partial charge in [-0.05, 0) is 44.7 Å². The molecule has 0 radical (unpaired) electrons. The molecule has 6 heteroatoms. The molecule has 0 spiro atoms. The predicted octanol–water partition coefficient (Wildman–Crippen LogP) is 5.23. The van der Waals surface area contributed by atoms with Crippen LogP contribution in [0, 0.1) is 18.8 Å². The molecule has 2 aliphatic rings. The zero-order valence-electron chi connectivity index (χ0n) is 13.9. The van der Waals surface area contributed by atoms with E-state index in [1.165, 1.54) is 0 Å². The second kappa shape index (κ2) is 6.75. The van der Waals surface area contributed by atoms with Gasteiger partial charge >= 0.3 is 0 Å². The lowest BCUT2D eigenvalue weighted by Crippen LogP contribution is -2.30. The molecule has 2 aliphatic carbocycles. The minimum Gasteiger partial charge on any atom is -0.373 e. The van der Waals surface area contributed by atoms with Crippen LogP contribution in [0.25, 0.3) is 11.3 Å². The van der Waals surface area contributed by atoms with E-state index in [1.807, 2.05) is 6.92 Å². The molecule has 2 unspecified atom stereocenters. The Morgan fingerprint density at radius 2 is 1.84 bits per heavy atom. The maximum Gasteiger partial charge on any atom is 0.139 e. The van der Waals surface area contributed by atoms with Crippen molar-refractivity contribution in [3.63, 3.8) is 0 Å². The van der Waals surface area contributed by atoms with Crippen molar-refractivity contribution in [1.82, 2.24) is 5.16 Å². The van der Waals surface area contributed by atoms with Gasteiger partial charge in [-0.25, -0.2) is 0 Å². The molecule has 1 heterocycles. The standard InChI is InChI=1S/C19H19Cl2NO3/c1-10-14(9-24-13-7-11-5-6-12(8-13)19(11)23)18(22-25-10)17-15(20)3-2-4-16(17)21/h2-4,11-13H,5-9H2,1H3/t11-,12?,13?/m0/s1. The van der Waals surface area contributed by atoms with Gasteiger partial charge < -0.3 is 9.26 Å². The molecule has 1 aromatic carbocycles. The second-order valence-electron chi connectivity index (χ2n) is 6.94. The number of carbonyl (C=O) groups is 1. The molecule has 2 bridgehead atoms.